The number of hydrogen-bond acceptors (Lipinski definition) is 4. The first-order valence-corrected chi connectivity index (χ1v) is 11.5. The molecule has 0 aliphatic rings. The van der Waals surface area contributed by atoms with Crippen LogP contribution in [0.4, 0.5) is 5.69 Å². The summed E-state index contributed by atoms with van der Waals surface area (Å²) in [4.78, 5) is 31.3. The fourth-order valence-electron chi connectivity index (χ4n) is 3.80. The largest absolute Gasteiger partial charge is 0.394 e. The van der Waals surface area contributed by atoms with Gasteiger partial charge in [0.2, 0.25) is 5.91 Å². The van der Waals surface area contributed by atoms with Crippen LogP contribution in [0.25, 0.3) is 11.3 Å². The molecule has 0 aliphatic heterocycles. The van der Waals surface area contributed by atoms with E-state index in [-0.39, 0.29) is 22.8 Å². The third-order valence-electron chi connectivity index (χ3n) is 5.54. The van der Waals surface area contributed by atoms with E-state index in [0.717, 1.165) is 5.56 Å². The number of halogens is 2. The average Bonchev–Trinajstić information content (AvgIpc) is 2.88. The Morgan fingerprint density at radius 2 is 1.66 bits per heavy atom. The highest BCUT2D eigenvalue weighted by molar-refractivity contribution is 6.35. The zero-order valence-corrected chi connectivity index (χ0v) is 19.9. The van der Waals surface area contributed by atoms with Crippen molar-refractivity contribution >= 4 is 40.7 Å². The molecule has 0 bridgehead atoms. The fourth-order valence-corrected chi connectivity index (χ4v) is 4.28. The second kappa shape index (κ2) is 10.7. The normalized spacial score (nSPS) is 11.6. The minimum atomic E-state index is -0.728. The molecule has 4 rings (SSSR count). The van der Waals surface area contributed by atoms with Gasteiger partial charge in [-0.1, -0.05) is 59.6 Å². The van der Waals surface area contributed by atoms with Crippen LogP contribution in [0, 0.1) is 0 Å². The van der Waals surface area contributed by atoms with E-state index in [1.807, 2.05) is 42.5 Å². The number of carbonyl (C=O) groups excluding carboxylic acids is 2. The number of anilines is 1. The number of carbonyl (C=O) groups is 2. The Labute approximate surface area is 212 Å². The Hall–Kier alpha value is -3.71. The van der Waals surface area contributed by atoms with Crippen LogP contribution in [0.15, 0.2) is 91.1 Å². The minimum absolute atomic E-state index is 0.0694. The molecule has 8 heteroatoms. The van der Waals surface area contributed by atoms with Gasteiger partial charge in [0, 0.05) is 23.0 Å². The Bertz CT molecular complexity index is 1360. The van der Waals surface area contributed by atoms with Crippen LogP contribution in [0.3, 0.4) is 0 Å². The maximum atomic E-state index is 13.9. The van der Waals surface area contributed by atoms with Crippen LogP contribution >= 0.6 is 23.2 Å². The molecular formula is C27H21Cl2N3O3. The van der Waals surface area contributed by atoms with Gasteiger partial charge in [0.05, 0.1) is 34.0 Å². The molecule has 0 spiro atoms. The van der Waals surface area contributed by atoms with E-state index in [1.54, 1.807) is 30.5 Å². The van der Waals surface area contributed by atoms with Gasteiger partial charge in [0.1, 0.15) is 0 Å². The van der Waals surface area contributed by atoms with Crippen LogP contribution in [0.5, 0.6) is 0 Å². The van der Waals surface area contributed by atoms with Gasteiger partial charge in [-0.3, -0.25) is 19.5 Å². The monoisotopic (exact) mass is 505 g/mol. The van der Waals surface area contributed by atoms with Crippen molar-refractivity contribution in [3.8, 4) is 11.3 Å². The fraction of sp³-hybridized carbons (Fsp3) is 0.0741. The van der Waals surface area contributed by atoms with Crippen LogP contribution < -0.4 is 10.6 Å². The summed E-state index contributed by atoms with van der Waals surface area (Å²) < 4.78 is 0. The molecule has 176 valence electrons. The second-order valence-corrected chi connectivity index (χ2v) is 8.54. The summed E-state index contributed by atoms with van der Waals surface area (Å²) >= 11 is 12.9. The van der Waals surface area contributed by atoms with Gasteiger partial charge in [-0.25, -0.2) is 0 Å². The predicted octanol–water partition coefficient (Wildman–Crippen LogP) is 5.53. The van der Waals surface area contributed by atoms with E-state index in [1.165, 1.54) is 23.1 Å². The van der Waals surface area contributed by atoms with Crippen molar-refractivity contribution in [2.45, 2.75) is 6.04 Å². The van der Waals surface area contributed by atoms with Crippen LogP contribution in [0.2, 0.25) is 10.0 Å². The maximum Gasteiger partial charge on any atom is 0.260 e. The molecule has 2 amide bonds. The van der Waals surface area contributed by atoms with Crippen molar-refractivity contribution in [3.63, 3.8) is 0 Å². The molecule has 0 saturated carbocycles. The van der Waals surface area contributed by atoms with Gasteiger partial charge >= 0.3 is 0 Å². The first kappa shape index (κ1) is 24.4. The maximum absolute atomic E-state index is 13.9. The number of pyridine rings is 1. The molecule has 0 radical (unpaired) electrons. The molecule has 0 unspecified atom stereocenters. The molecule has 0 aliphatic carbocycles. The lowest BCUT2D eigenvalue weighted by atomic mass is 10.0. The van der Waals surface area contributed by atoms with Crippen molar-refractivity contribution in [3.05, 3.63) is 118 Å². The summed E-state index contributed by atoms with van der Waals surface area (Å²) in [6.07, 6.45) is 1.65. The topological polar surface area (TPSA) is 96.5 Å². The molecule has 4 aromatic rings. The lowest BCUT2D eigenvalue weighted by molar-refractivity contribution is 0.0960. The van der Waals surface area contributed by atoms with Gasteiger partial charge in [-0.15, -0.1) is 0 Å². The Morgan fingerprint density at radius 3 is 2.29 bits per heavy atom. The zero-order chi connectivity index (χ0) is 24.9. The molecule has 1 atom stereocenters. The molecule has 0 fully saturated rings. The van der Waals surface area contributed by atoms with Gasteiger partial charge in [0.25, 0.3) is 5.91 Å². The van der Waals surface area contributed by atoms with Crippen molar-refractivity contribution in [2.24, 2.45) is 5.73 Å². The minimum Gasteiger partial charge on any atom is -0.394 e. The van der Waals surface area contributed by atoms with Crippen LogP contribution in [-0.4, -0.2) is 28.5 Å². The molecule has 1 heterocycles. The van der Waals surface area contributed by atoms with E-state index >= 15 is 0 Å². The molecular weight excluding hydrogens is 485 g/mol. The van der Waals surface area contributed by atoms with E-state index in [9.17, 15) is 14.7 Å². The molecule has 0 saturated heterocycles. The zero-order valence-electron chi connectivity index (χ0n) is 18.4. The Morgan fingerprint density at radius 1 is 0.914 bits per heavy atom. The van der Waals surface area contributed by atoms with E-state index in [2.05, 4.69) is 4.98 Å². The third kappa shape index (κ3) is 5.20. The van der Waals surface area contributed by atoms with Crippen LogP contribution in [0.1, 0.15) is 32.3 Å². The molecule has 3 N–H and O–H groups in total. The summed E-state index contributed by atoms with van der Waals surface area (Å²) in [7, 11) is 0. The third-order valence-corrected chi connectivity index (χ3v) is 6.18. The number of nitrogens with two attached hydrogens (primary N) is 1. The second-order valence-electron chi connectivity index (χ2n) is 7.72. The summed E-state index contributed by atoms with van der Waals surface area (Å²) in [5, 5.41) is 10.9. The average molecular weight is 506 g/mol. The Kier molecular flexibility index (Phi) is 7.46. The van der Waals surface area contributed by atoms with E-state index in [0.29, 0.717) is 22.0 Å². The first-order valence-electron chi connectivity index (χ1n) is 10.7. The van der Waals surface area contributed by atoms with Crippen molar-refractivity contribution in [1.82, 2.24) is 4.98 Å². The number of nitrogens with zero attached hydrogens (tertiary/aromatic N) is 2. The molecule has 1 aromatic heterocycles. The number of primary amides is 1. The standard InChI is InChI=1S/C27H21Cl2N3O3/c28-22-12-10-19(15-21(22)24-8-4-5-13-31-24)32(25(16-33)17-6-2-1-3-7-17)27(35)20-11-9-18(26(30)34)14-23(20)29/h1-15,25,33H,16H2,(H2,30,34)/t25-/m1/s1. The number of hydrogen-bond donors (Lipinski definition) is 2. The molecule has 3 aromatic carbocycles. The number of aromatic nitrogens is 1. The lowest BCUT2D eigenvalue weighted by Gasteiger charge is -2.32. The number of aliphatic hydroxyl groups excluding tert-OH is 1. The summed E-state index contributed by atoms with van der Waals surface area (Å²) in [6.45, 7) is -0.353. The lowest BCUT2D eigenvalue weighted by Crippen LogP contribution is -2.37. The highest BCUT2D eigenvalue weighted by Gasteiger charge is 2.29. The number of aliphatic hydroxyl groups is 1. The highest BCUT2D eigenvalue weighted by Crippen LogP contribution is 2.36. The smallest absolute Gasteiger partial charge is 0.260 e. The summed E-state index contributed by atoms with van der Waals surface area (Å²) in [6, 6.07) is 23.3. The van der Waals surface area contributed by atoms with Gasteiger partial charge < -0.3 is 10.8 Å². The van der Waals surface area contributed by atoms with Crippen LogP contribution in [-0.2, 0) is 0 Å². The highest BCUT2D eigenvalue weighted by atomic mass is 35.5. The van der Waals surface area contributed by atoms with Gasteiger partial charge in [0.15, 0.2) is 0 Å². The van der Waals surface area contributed by atoms with Crippen molar-refractivity contribution in [2.75, 3.05) is 11.5 Å². The first-order chi connectivity index (χ1) is 16.9. The number of benzene rings is 3. The van der Waals surface area contributed by atoms with E-state index in [4.69, 9.17) is 28.9 Å². The number of amides is 2. The molecule has 35 heavy (non-hydrogen) atoms. The SMILES string of the molecule is NC(=O)c1ccc(C(=O)N(c2ccc(Cl)c(-c3ccccn3)c2)[C@H](CO)c2ccccc2)c(Cl)c1. The van der Waals surface area contributed by atoms with E-state index < -0.39 is 17.9 Å². The van der Waals surface area contributed by atoms with Crippen molar-refractivity contribution in [1.29, 1.82) is 0 Å². The van der Waals surface area contributed by atoms with Crippen molar-refractivity contribution < 1.29 is 14.7 Å². The van der Waals surface area contributed by atoms with Gasteiger partial charge in [-0.2, -0.15) is 0 Å². The quantitative estimate of drug-likeness (QED) is 0.344. The van der Waals surface area contributed by atoms with Gasteiger partial charge in [-0.05, 0) is 54.1 Å². The molecule has 6 nitrogen and oxygen atoms in total. The predicted molar refractivity (Wildman–Crippen MR) is 138 cm³/mol. The summed E-state index contributed by atoms with van der Waals surface area (Å²) in [5.41, 5.74) is 8.16. The summed E-state index contributed by atoms with van der Waals surface area (Å²) in [5.74, 6) is -1.12. The Balaban J connectivity index is 1.88. The number of rotatable bonds is 7.